The van der Waals surface area contributed by atoms with E-state index in [1.54, 1.807) is 0 Å². The zero-order valence-electron chi connectivity index (χ0n) is 19.9. The van der Waals surface area contributed by atoms with Gasteiger partial charge in [-0.2, -0.15) is 0 Å². The molecule has 0 amide bonds. The van der Waals surface area contributed by atoms with Crippen molar-refractivity contribution in [1.82, 2.24) is 0 Å². The maximum atomic E-state index is 13.6. The molecule has 0 saturated carbocycles. The van der Waals surface area contributed by atoms with Gasteiger partial charge in [0.15, 0.2) is 28.8 Å². The van der Waals surface area contributed by atoms with Crippen molar-refractivity contribution in [1.29, 1.82) is 0 Å². The van der Waals surface area contributed by atoms with E-state index in [9.17, 15) is 35.4 Å². The van der Waals surface area contributed by atoms with Gasteiger partial charge in [-0.15, -0.1) is 0 Å². The second-order valence-corrected chi connectivity index (χ2v) is 8.13. The van der Waals surface area contributed by atoms with Crippen molar-refractivity contribution in [3.05, 3.63) is 34.5 Å². The zero-order valence-corrected chi connectivity index (χ0v) is 19.9. The van der Waals surface area contributed by atoms with Crippen LogP contribution in [0.25, 0.3) is 22.3 Å². The Labute approximate surface area is 209 Å². The molecule has 13 heteroatoms. The first-order valence-electron chi connectivity index (χ1n) is 11.0. The highest BCUT2D eigenvalue weighted by Crippen LogP contribution is 2.44. The van der Waals surface area contributed by atoms with E-state index in [0.717, 1.165) is 6.07 Å². The predicted octanol–water partition coefficient (Wildman–Crippen LogP) is 0.0757. The fraction of sp³-hybridized carbons (Fsp3) is 0.375. The van der Waals surface area contributed by atoms with Gasteiger partial charge < -0.3 is 58.7 Å². The van der Waals surface area contributed by atoms with Crippen molar-refractivity contribution in [3.8, 4) is 45.8 Å². The number of fused-ring (bicyclic) bond motifs is 1. The molecule has 0 spiro atoms. The third kappa shape index (κ3) is 4.47. The van der Waals surface area contributed by atoms with Crippen LogP contribution in [0.3, 0.4) is 0 Å². The first-order valence-corrected chi connectivity index (χ1v) is 11.0. The van der Waals surface area contributed by atoms with Crippen molar-refractivity contribution >= 4 is 11.0 Å². The van der Waals surface area contributed by atoms with Crippen LogP contribution in [0.4, 0.5) is 0 Å². The molecule has 1 saturated heterocycles. The first kappa shape index (κ1) is 26.3. The number of methoxy groups -OCH3 is 3. The number of hydrogen-bond donors (Lipinski definition) is 6. The van der Waals surface area contributed by atoms with Gasteiger partial charge in [0.25, 0.3) is 0 Å². The van der Waals surface area contributed by atoms with E-state index >= 15 is 0 Å². The molecule has 37 heavy (non-hydrogen) atoms. The van der Waals surface area contributed by atoms with Crippen LogP contribution < -0.4 is 24.4 Å². The number of aromatic hydroxyl groups is 2. The number of aliphatic hydroxyl groups excluding tert-OH is 4. The van der Waals surface area contributed by atoms with Gasteiger partial charge >= 0.3 is 0 Å². The number of ether oxygens (including phenoxy) is 5. The molecule has 6 N–H and O–H groups in total. The summed E-state index contributed by atoms with van der Waals surface area (Å²) in [5, 5.41) is 60.6. The molecule has 1 aliphatic heterocycles. The Bertz CT molecular complexity index is 1350. The lowest BCUT2D eigenvalue weighted by Gasteiger charge is -2.39. The molecule has 0 radical (unpaired) electrons. The standard InChI is InChI=1S/C24H26O13/c1-32-11-5-4-9(6-12(11)33-2)21-23(37-24-20(31)19(30)16(27)14(8-25)36-24)18(29)15-13(35-21)7-10(26)22(34-3)17(15)28/h4-7,14,16,19-20,24-28,30-31H,8H2,1-3H3/t14-,16-,19+,20-,24+/m1/s1. The lowest BCUT2D eigenvalue weighted by Crippen LogP contribution is -2.60. The average molecular weight is 522 g/mol. The second-order valence-electron chi connectivity index (χ2n) is 8.13. The first-order chi connectivity index (χ1) is 17.7. The minimum Gasteiger partial charge on any atom is -0.504 e. The molecule has 13 nitrogen and oxygen atoms in total. The van der Waals surface area contributed by atoms with Gasteiger partial charge in [-0.25, -0.2) is 0 Å². The van der Waals surface area contributed by atoms with Crippen molar-refractivity contribution in [2.45, 2.75) is 30.7 Å². The summed E-state index contributed by atoms with van der Waals surface area (Å²) in [4.78, 5) is 13.6. The second kappa shape index (κ2) is 10.3. The highest BCUT2D eigenvalue weighted by atomic mass is 16.7. The lowest BCUT2D eigenvalue weighted by atomic mass is 9.99. The van der Waals surface area contributed by atoms with Crippen molar-refractivity contribution in [2.24, 2.45) is 0 Å². The van der Waals surface area contributed by atoms with Crippen molar-refractivity contribution in [3.63, 3.8) is 0 Å². The number of phenols is 2. The SMILES string of the molecule is COc1ccc(-c2oc3cc(O)c(OC)c(O)c3c(=O)c2O[C@@H]2O[C@H](CO)[C@@H](O)[C@H](O)[C@H]2O)cc1OC. The molecule has 1 aromatic heterocycles. The quantitative estimate of drug-likeness (QED) is 0.244. The molecule has 1 fully saturated rings. The normalized spacial score (nSPS) is 23.6. The summed E-state index contributed by atoms with van der Waals surface area (Å²) in [6.07, 6.45) is -8.33. The summed E-state index contributed by atoms with van der Waals surface area (Å²) < 4.78 is 32.5. The average Bonchev–Trinajstić information content (AvgIpc) is 2.89. The smallest absolute Gasteiger partial charge is 0.239 e. The van der Waals surface area contributed by atoms with E-state index in [1.165, 1.54) is 39.5 Å². The Morgan fingerprint density at radius 1 is 0.892 bits per heavy atom. The van der Waals surface area contributed by atoms with Crippen molar-refractivity contribution < 1.29 is 58.7 Å². The van der Waals surface area contributed by atoms with E-state index < -0.39 is 71.1 Å². The maximum Gasteiger partial charge on any atom is 0.239 e. The van der Waals surface area contributed by atoms with Gasteiger partial charge in [0.1, 0.15) is 35.4 Å². The number of rotatable bonds is 7. The molecule has 3 aromatic rings. The largest absolute Gasteiger partial charge is 0.504 e. The van der Waals surface area contributed by atoms with Gasteiger partial charge in [-0.05, 0) is 18.2 Å². The molecule has 0 unspecified atom stereocenters. The summed E-state index contributed by atoms with van der Waals surface area (Å²) in [6.45, 7) is -0.725. The molecule has 5 atom stereocenters. The molecular weight excluding hydrogens is 496 g/mol. The number of hydrogen-bond acceptors (Lipinski definition) is 13. The molecular formula is C24H26O13. The van der Waals surface area contributed by atoms with E-state index in [1.807, 2.05) is 0 Å². The van der Waals surface area contributed by atoms with Crippen LogP contribution in [0.5, 0.6) is 34.5 Å². The van der Waals surface area contributed by atoms with E-state index in [2.05, 4.69) is 0 Å². The van der Waals surface area contributed by atoms with Crippen LogP contribution in [0.15, 0.2) is 33.5 Å². The fourth-order valence-corrected chi connectivity index (χ4v) is 4.04. The van der Waals surface area contributed by atoms with Crippen LogP contribution >= 0.6 is 0 Å². The van der Waals surface area contributed by atoms with Gasteiger partial charge in [-0.3, -0.25) is 4.79 Å². The number of phenolic OH excluding ortho intramolecular Hbond substituents is 2. The Balaban J connectivity index is 1.96. The van der Waals surface area contributed by atoms with Gasteiger partial charge in [0, 0.05) is 11.6 Å². The Hall–Kier alpha value is -3.75. The fourth-order valence-electron chi connectivity index (χ4n) is 4.04. The summed E-state index contributed by atoms with van der Waals surface area (Å²) in [5.74, 6) is -1.78. The number of benzene rings is 2. The Morgan fingerprint density at radius 2 is 1.59 bits per heavy atom. The number of aliphatic hydroxyl groups is 4. The molecule has 200 valence electrons. The van der Waals surface area contributed by atoms with E-state index in [-0.39, 0.29) is 22.7 Å². The van der Waals surface area contributed by atoms with E-state index in [4.69, 9.17) is 28.1 Å². The van der Waals surface area contributed by atoms with Crippen LogP contribution in [0.2, 0.25) is 0 Å². The molecule has 0 aliphatic carbocycles. The predicted molar refractivity (Wildman–Crippen MR) is 125 cm³/mol. The molecule has 1 aliphatic rings. The highest BCUT2D eigenvalue weighted by molar-refractivity contribution is 5.91. The van der Waals surface area contributed by atoms with Crippen LogP contribution in [0.1, 0.15) is 0 Å². The summed E-state index contributed by atoms with van der Waals surface area (Å²) >= 11 is 0. The van der Waals surface area contributed by atoms with Crippen molar-refractivity contribution in [2.75, 3.05) is 27.9 Å². The molecule has 2 aromatic carbocycles. The topological polar surface area (TPSA) is 198 Å². The van der Waals surface area contributed by atoms with Crippen LogP contribution in [0, 0.1) is 0 Å². The van der Waals surface area contributed by atoms with Gasteiger partial charge in [0.2, 0.25) is 23.2 Å². The monoisotopic (exact) mass is 522 g/mol. The summed E-state index contributed by atoms with van der Waals surface area (Å²) in [5.41, 5.74) is -0.948. The van der Waals surface area contributed by atoms with E-state index in [0.29, 0.717) is 5.75 Å². The van der Waals surface area contributed by atoms with Crippen LogP contribution in [-0.2, 0) is 4.74 Å². The lowest BCUT2D eigenvalue weighted by molar-refractivity contribution is -0.277. The van der Waals surface area contributed by atoms with Crippen LogP contribution in [-0.4, -0.2) is 89.3 Å². The third-order valence-corrected chi connectivity index (χ3v) is 5.98. The molecule has 2 heterocycles. The Morgan fingerprint density at radius 3 is 2.22 bits per heavy atom. The third-order valence-electron chi connectivity index (χ3n) is 5.98. The minimum atomic E-state index is -1.84. The van der Waals surface area contributed by atoms with Gasteiger partial charge in [-0.1, -0.05) is 0 Å². The summed E-state index contributed by atoms with van der Waals surface area (Å²) in [7, 11) is 4.00. The zero-order chi connectivity index (χ0) is 27.0. The maximum absolute atomic E-state index is 13.6. The Kier molecular flexibility index (Phi) is 7.34. The highest BCUT2D eigenvalue weighted by Gasteiger charge is 2.45. The molecule has 0 bridgehead atoms. The van der Waals surface area contributed by atoms with Gasteiger partial charge in [0.05, 0.1) is 27.9 Å². The summed E-state index contributed by atoms with van der Waals surface area (Å²) in [6, 6.07) is 5.57. The molecule has 4 rings (SSSR count). The minimum absolute atomic E-state index is 0.223.